The number of aromatic nitrogens is 2. The van der Waals surface area contributed by atoms with Crippen molar-refractivity contribution in [1.29, 1.82) is 0 Å². The van der Waals surface area contributed by atoms with Gasteiger partial charge in [0, 0.05) is 18.5 Å². The molecule has 1 aromatic heterocycles. The molecule has 0 bridgehead atoms. The van der Waals surface area contributed by atoms with E-state index in [-0.39, 0.29) is 5.82 Å². The van der Waals surface area contributed by atoms with Crippen molar-refractivity contribution in [2.75, 3.05) is 5.73 Å². The number of halogens is 1. The van der Waals surface area contributed by atoms with Crippen molar-refractivity contribution in [3.8, 4) is 0 Å². The molecular weight excluding hydrogens is 237 g/mol. The molecule has 17 heavy (non-hydrogen) atoms. The first-order chi connectivity index (χ1) is 8.06. The molecule has 0 saturated heterocycles. The number of thioether (sulfide) groups is 1. The first-order valence-corrected chi connectivity index (χ1v) is 6.22. The Hall–Kier alpha value is -1.49. The number of aryl methyl sites for hydroxylation is 2. The molecule has 0 unspecified atom stereocenters. The fourth-order valence-electron chi connectivity index (χ4n) is 1.55. The van der Waals surface area contributed by atoms with Gasteiger partial charge in [-0.2, -0.15) is 5.10 Å². The Kier molecular flexibility index (Phi) is 3.38. The number of anilines is 1. The molecule has 0 radical (unpaired) electrons. The van der Waals surface area contributed by atoms with E-state index in [0.29, 0.717) is 17.0 Å². The van der Waals surface area contributed by atoms with Crippen LogP contribution in [0.3, 0.4) is 0 Å². The summed E-state index contributed by atoms with van der Waals surface area (Å²) >= 11 is 1.56. The molecule has 0 fully saturated rings. The van der Waals surface area contributed by atoms with Crippen LogP contribution in [0.1, 0.15) is 11.3 Å². The van der Waals surface area contributed by atoms with Crippen LogP contribution in [0.15, 0.2) is 29.3 Å². The number of hydrogen-bond donors (Lipinski definition) is 1. The lowest BCUT2D eigenvalue weighted by Crippen LogP contribution is -1.94. The summed E-state index contributed by atoms with van der Waals surface area (Å²) in [4.78, 5) is 0. The average Bonchev–Trinajstić information content (AvgIpc) is 2.56. The van der Waals surface area contributed by atoms with Gasteiger partial charge in [-0.25, -0.2) is 4.39 Å². The van der Waals surface area contributed by atoms with E-state index in [4.69, 9.17) is 5.73 Å². The van der Waals surface area contributed by atoms with Crippen molar-refractivity contribution in [2.24, 2.45) is 7.05 Å². The van der Waals surface area contributed by atoms with Gasteiger partial charge in [0.25, 0.3) is 0 Å². The van der Waals surface area contributed by atoms with Crippen LogP contribution in [0, 0.1) is 12.7 Å². The molecule has 2 aromatic rings. The zero-order valence-corrected chi connectivity index (χ0v) is 10.6. The van der Waals surface area contributed by atoms with E-state index in [9.17, 15) is 4.39 Å². The second-order valence-corrected chi connectivity index (χ2v) is 4.88. The molecule has 0 spiro atoms. The molecular formula is C12H14FN3S. The first kappa shape index (κ1) is 12.0. The highest BCUT2D eigenvalue weighted by molar-refractivity contribution is 7.98. The summed E-state index contributed by atoms with van der Waals surface area (Å²) < 4.78 is 15.3. The minimum absolute atomic E-state index is 0.253. The minimum atomic E-state index is -0.253. The van der Waals surface area contributed by atoms with Gasteiger partial charge >= 0.3 is 0 Å². The van der Waals surface area contributed by atoms with Crippen molar-refractivity contribution in [3.05, 3.63) is 41.3 Å². The molecule has 3 nitrogen and oxygen atoms in total. The molecule has 0 amide bonds. The van der Waals surface area contributed by atoms with Gasteiger partial charge in [0.2, 0.25) is 0 Å². The SMILES string of the molecule is Cc1cc(SCc2ccc(N)cc2F)n(C)n1. The second kappa shape index (κ2) is 4.79. The molecule has 0 aliphatic heterocycles. The van der Waals surface area contributed by atoms with E-state index in [1.807, 2.05) is 20.0 Å². The normalized spacial score (nSPS) is 10.8. The quantitative estimate of drug-likeness (QED) is 0.674. The highest BCUT2D eigenvalue weighted by atomic mass is 32.2. The van der Waals surface area contributed by atoms with Crippen molar-refractivity contribution >= 4 is 17.4 Å². The monoisotopic (exact) mass is 251 g/mol. The van der Waals surface area contributed by atoms with Crippen molar-refractivity contribution in [3.63, 3.8) is 0 Å². The Labute approximate surface area is 104 Å². The van der Waals surface area contributed by atoms with Crippen LogP contribution in [0.2, 0.25) is 0 Å². The molecule has 1 heterocycles. The van der Waals surface area contributed by atoms with Gasteiger partial charge in [0.05, 0.1) is 10.7 Å². The van der Waals surface area contributed by atoms with Crippen LogP contribution in [0.25, 0.3) is 0 Å². The predicted octanol–water partition coefficient (Wildman–Crippen LogP) is 2.74. The Morgan fingerprint density at radius 3 is 2.76 bits per heavy atom. The van der Waals surface area contributed by atoms with Crippen LogP contribution in [0.4, 0.5) is 10.1 Å². The second-order valence-electron chi connectivity index (χ2n) is 3.89. The minimum Gasteiger partial charge on any atom is -0.399 e. The standard InChI is InChI=1S/C12H14FN3S/c1-8-5-12(16(2)15-8)17-7-9-3-4-10(14)6-11(9)13/h3-6H,7,14H2,1-2H3. The smallest absolute Gasteiger partial charge is 0.129 e. The Morgan fingerprint density at radius 1 is 1.41 bits per heavy atom. The fraction of sp³-hybridized carbons (Fsp3) is 0.250. The van der Waals surface area contributed by atoms with Crippen LogP contribution < -0.4 is 5.73 Å². The van der Waals surface area contributed by atoms with Crippen molar-refractivity contribution in [1.82, 2.24) is 9.78 Å². The molecule has 2 rings (SSSR count). The van der Waals surface area contributed by atoms with Gasteiger partial charge in [-0.1, -0.05) is 6.07 Å². The summed E-state index contributed by atoms with van der Waals surface area (Å²) in [5, 5.41) is 5.27. The topological polar surface area (TPSA) is 43.8 Å². The van der Waals surface area contributed by atoms with Gasteiger partial charge in [-0.15, -0.1) is 11.8 Å². The molecule has 2 N–H and O–H groups in total. The van der Waals surface area contributed by atoms with Crippen LogP contribution >= 0.6 is 11.8 Å². The van der Waals surface area contributed by atoms with E-state index in [1.54, 1.807) is 28.6 Å². The molecule has 0 saturated carbocycles. The highest BCUT2D eigenvalue weighted by Gasteiger charge is 2.06. The number of rotatable bonds is 3. The van der Waals surface area contributed by atoms with Gasteiger partial charge in [-0.05, 0) is 30.7 Å². The lowest BCUT2D eigenvalue weighted by Gasteiger charge is -2.04. The van der Waals surface area contributed by atoms with Crippen LogP contribution in [0.5, 0.6) is 0 Å². The summed E-state index contributed by atoms with van der Waals surface area (Å²) in [5.74, 6) is 0.321. The fourth-order valence-corrected chi connectivity index (χ4v) is 2.57. The lowest BCUT2D eigenvalue weighted by molar-refractivity contribution is 0.618. The number of nitrogen functional groups attached to an aromatic ring is 1. The predicted molar refractivity (Wildman–Crippen MR) is 68.3 cm³/mol. The summed E-state index contributed by atoms with van der Waals surface area (Å²) in [7, 11) is 1.88. The molecule has 90 valence electrons. The summed E-state index contributed by atoms with van der Waals surface area (Å²) in [5.41, 5.74) is 7.57. The average molecular weight is 251 g/mol. The maximum absolute atomic E-state index is 13.5. The van der Waals surface area contributed by atoms with E-state index in [1.165, 1.54) is 6.07 Å². The molecule has 0 aliphatic rings. The van der Waals surface area contributed by atoms with E-state index in [2.05, 4.69) is 5.10 Å². The molecule has 0 aliphatic carbocycles. The number of hydrogen-bond acceptors (Lipinski definition) is 3. The van der Waals surface area contributed by atoms with E-state index >= 15 is 0 Å². The zero-order chi connectivity index (χ0) is 12.4. The van der Waals surface area contributed by atoms with Crippen LogP contribution in [-0.2, 0) is 12.8 Å². The van der Waals surface area contributed by atoms with E-state index in [0.717, 1.165) is 10.7 Å². The summed E-state index contributed by atoms with van der Waals surface area (Å²) in [6.45, 7) is 1.94. The van der Waals surface area contributed by atoms with Gasteiger partial charge < -0.3 is 5.73 Å². The third-order valence-electron chi connectivity index (χ3n) is 2.41. The molecule has 0 atom stereocenters. The number of benzene rings is 1. The first-order valence-electron chi connectivity index (χ1n) is 5.23. The highest BCUT2D eigenvalue weighted by Crippen LogP contribution is 2.25. The lowest BCUT2D eigenvalue weighted by atomic mass is 10.2. The number of nitrogens with two attached hydrogens (primary N) is 1. The summed E-state index contributed by atoms with van der Waals surface area (Å²) in [6, 6.07) is 6.78. The Bertz CT molecular complexity index is 537. The van der Waals surface area contributed by atoms with Crippen molar-refractivity contribution < 1.29 is 4.39 Å². The van der Waals surface area contributed by atoms with Crippen LogP contribution in [-0.4, -0.2) is 9.78 Å². The Balaban J connectivity index is 2.10. The van der Waals surface area contributed by atoms with E-state index < -0.39 is 0 Å². The zero-order valence-electron chi connectivity index (χ0n) is 9.77. The number of nitrogens with zero attached hydrogens (tertiary/aromatic N) is 2. The maximum Gasteiger partial charge on any atom is 0.129 e. The maximum atomic E-state index is 13.5. The van der Waals surface area contributed by atoms with Gasteiger partial charge in [0.15, 0.2) is 0 Å². The molecule has 5 heteroatoms. The third-order valence-corrected chi connectivity index (χ3v) is 3.54. The van der Waals surface area contributed by atoms with Gasteiger partial charge in [0.1, 0.15) is 5.82 Å². The molecule has 1 aromatic carbocycles. The Morgan fingerprint density at radius 2 is 2.18 bits per heavy atom. The van der Waals surface area contributed by atoms with Crippen molar-refractivity contribution in [2.45, 2.75) is 17.7 Å². The third kappa shape index (κ3) is 2.79. The summed E-state index contributed by atoms with van der Waals surface area (Å²) in [6.07, 6.45) is 0. The largest absolute Gasteiger partial charge is 0.399 e. The van der Waals surface area contributed by atoms with Gasteiger partial charge in [-0.3, -0.25) is 4.68 Å².